The van der Waals surface area contributed by atoms with Crippen molar-refractivity contribution < 1.29 is 9.59 Å². The van der Waals surface area contributed by atoms with Gasteiger partial charge in [0, 0.05) is 34.8 Å². The van der Waals surface area contributed by atoms with Gasteiger partial charge >= 0.3 is 0 Å². The highest BCUT2D eigenvalue weighted by Crippen LogP contribution is 2.22. The third-order valence-electron chi connectivity index (χ3n) is 4.11. The summed E-state index contributed by atoms with van der Waals surface area (Å²) >= 11 is 12.1. The van der Waals surface area contributed by atoms with E-state index >= 15 is 0 Å². The van der Waals surface area contributed by atoms with Crippen LogP contribution in [0.2, 0.25) is 10.0 Å². The smallest absolute Gasteiger partial charge is 0.273 e. The van der Waals surface area contributed by atoms with Crippen molar-refractivity contribution in [1.82, 2.24) is 20.6 Å². The molecule has 0 unspecified atom stereocenters. The first kappa shape index (κ1) is 20.6. The number of rotatable bonds is 5. The van der Waals surface area contributed by atoms with Gasteiger partial charge in [-0.3, -0.25) is 9.59 Å². The molecule has 3 rings (SSSR count). The Labute approximate surface area is 177 Å². The third-order valence-corrected chi connectivity index (χ3v) is 4.71. The second kappa shape index (κ2) is 8.89. The van der Waals surface area contributed by atoms with Gasteiger partial charge < -0.3 is 16.4 Å². The second-order valence-electron chi connectivity index (χ2n) is 6.07. The topological polar surface area (TPSA) is 110 Å². The molecule has 0 aliphatic carbocycles. The number of amides is 2. The van der Waals surface area contributed by atoms with Crippen molar-refractivity contribution in [3.8, 4) is 11.3 Å². The van der Waals surface area contributed by atoms with Gasteiger partial charge in [-0.25, -0.2) is 9.97 Å². The van der Waals surface area contributed by atoms with E-state index < -0.39 is 5.91 Å². The number of benzene rings is 2. The molecule has 1 aromatic heterocycles. The quantitative estimate of drug-likeness (QED) is 0.575. The number of hydrogen-bond donors (Lipinski definition) is 3. The lowest BCUT2D eigenvalue weighted by molar-refractivity contribution is 0.0945. The summed E-state index contributed by atoms with van der Waals surface area (Å²) in [5.74, 6) is -0.706. The Morgan fingerprint density at radius 3 is 2.66 bits per heavy atom. The standard InChI is InChI=1S/C20H17Cl2N5O2/c1-24-20(29)17-18(23)25-10-16(27-17)11-3-2-4-12(7-11)19(28)26-9-13-8-14(21)5-6-15(13)22/h2-8,10H,9H2,1H3,(H2,23,25)(H,24,29)(H,26,28). The molecule has 0 saturated heterocycles. The summed E-state index contributed by atoms with van der Waals surface area (Å²) in [6.45, 7) is 0.227. The molecule has 0 spiro atoms. The first-order valence-electron chi connectivity index (χ1n) is 8.56. The molecule has 29 heavy (non-hydrogen) atoms. The molecule has 0 atom stereocenters. The van der Waals surface area contributed by atoms with Crippen molar-refractivity contribution in [3.05, 3.63) is 75.5 Å². The number of nitrogens with one attached hydrogen (secondary N) is 2. The van der Waals surface area contributed by atoms with Crippen LogP contribution in [-0.4, -0.2) is 28.8 Å². The fourth-order valence-electron chi connectivity index (χ4n) is 2.60. The monoisotopic (exact) mass is 429 g/mol. The summed E-state index contributed by atoms with van der Waals surface area (Å²) in [7, 11) is 1.48. The number of anilines is 1. The van der Waals surface area contributed by atoms with Crippen molar-refractivity contribution in [2.24, 2.45) is 0 Å². The van der Waals surface area contributed by atoms with Gasteiger partial charge in [-0.2, -0.15) is 0 Å². The van der Waals surface area contributed by atoms with E-state index in [0.29, 0.717) is 32.4 Å². The fourth-order valence-corrected chi connectivity index (χ4v) is 2.98. The molecule has 148 valence electrons. The Morgan fingerprint density at radius 1 is 1.10 bits per heavy atom. The lowest BCUT2D eigenvalue weighted by Crippen LogP contribution is -2.23. The van der Waals surface area contributed by atoms with Crippen molar-refractivity contribution in [2.45, 2.75) is 6.54 Å². The van der Waals surface area contributed by atoms with Crippen LogP contribution in [-0.2, 0) is 6.54 Å². The highest BCUT2D eigenvalue weighted by atomic mass is 35.5. The number of nitrogens with zero attached hydrogens (tertiary/aromatic N) is 2. The van der Waals surface area contributed by atoms with Crippen LogP contribution < -0.4 is 16.4 Å². The Kier molecular flexibility index (Phi) is 6.31. The maximum atomic E-state index is 12.6. The summed E-state index contributed by atoms with van der Waals surface area (Å²) in [5, 5.41) is 6.33. The fraction of sp³-hybridized carbons (Fsp3) is 0.100. The van der Waals surface area contributed by atoms with Crippen LogP contribution >= 0.6 is 23.2 Å². The van der Waals surface area contributed by atoms with Gasteiger partial charge in [-0.1, -0.05) is 35.3 Å². The molecule has 4 N–H and O–H groups in total. The van der Waals surface area contributed by atoms with Crippen molar-refractivity contribution in [1.29, 1.82) is 0 Å². The summed E-state index contributed by atoms with van der Waals surface area (Å²) in [6.07, 6.45) is 1.45. The number of hydrogen-bond acceptors (Lipinski definition) is 5. The molecular formula is C20H17Cl2N5O2. The van der Waals surface area contributed by atoms with E-state index in [4.69, 9.17) is 28.9 Å². The predicted molar refractivity (Wildman–Crippen MR) is 113 cm³/mol. The van der Waals surface area contributed by atoms with E-state index in [1.54, 1.807) is 42.5 Å². The third kappa shape index (κ3) is 4.82. The van der Waals surface area contributed by atoms with Crippen LogP contribution in [0.4, 0.5) is 5.82 Å². The van der Waals surface area contributed by atoms with Crippen molar-refractivity contribution >= 4 is 40.8 Å². The van der Waals surface area contributed by atoms with Crippen molar-refractivity contribution in [2.75, 3.05) is 12.8 Å². The Hall–Kier alpha value is -3.16. The van der Waals surface area contributed by atoms with E-state index in [0.717, 1.165) is 0 Å². The van der Waals surface area contributed by atoms with Crippen LogP contribution in [0.3, 0.4) is 0 Å². The molecule has 3 aromatic rings. The minimum absolute atomic E-state index is 0.0236. The van der Waals surface area contributed by atoms with Crippen LogP contribution in [0.5, 0.6) is 0 Å². The highest BCUT2D eigenvalue weighted by Gasteiger charge is 2.14. The molecule has 0 bridgehead atoms. The predicted octanol–water partition coefficient (Wildman–Crippen LogP) is 3.32. The SMILES string of the molecule is CNC(=O)c1nc(-c2cccc(C(=O)NCc3cc(Cl)ccc3Cl)c2)cnc1N. The van der Waals surface area contributed by atoms with Gasteiger partial charge in [-0.05, 0) is 35.9 Å². The average Bonchev–Trinajstić information content (AvgIpc) is 2.74. The van der Waals surface area contributed by atoms with E-state index in [-0.39, 0.29) is 24.0 Å². The maximum Gasteiger partial charge on any atom is 0.273 e. The molecule has 0 aliphatic heterocycles. The first-order valence-corrected chi connectivity index (χ1v) is 9.32. The number of carbonyl (C=O) groups is 2. The average molecular weight is 430 g/mol. The molecule has 0 aliphatic rings. The zero-order valence-corrected chi connectivity index (χ0v) is 16.9. The van der Waals surface area contributed by atoms with Crippen LogP contribution in [0.1, 0.15) is 26.4 Å². The lowest BCUT2D eigenvalue weighted by atomic mass is 10.1. The van der Waals surface area contributed by atoms with Crippen molar-refractivity contribution in [3.63, 3.8) is 0 Å². The normalized spacial score (nSPS) is 10.4. The van der Waals surface area contributed by atoms with Gasteiger partial charge in [0.25, 0.3) is 11.8 Å². The van der Waals surface area contributed by atoms with Gasteiger partial charge in [-0.15, -0.1) is 0 Å². The molecule has 7 nitrogen and oxygen atoms in total. The molecule has 0 fully saturated rings. The number of nitrogens with two attached hydrogens (primary N) is 1. The van der Waals surface area contributed by atoms with Gasteiger partial charge in [0.05, 0.1) is 11.9 Å². The molecule has 2 amide bonds. The summed E-state index contributed by atoms with van der Waals surface area (Å²) in [6, 6.07) is 11.9. The Bertz CT molecular complexity index is 1090. The second-order valence-corrected chi connectivity index (χ2v) is 6.91. The molecular weight excluding hydrogens is 413 g/mol. The Balaban J connectivity index is 1.81. The van der Waals surface area contributed by atoms with E-state index in [1.165, 1.54) is 13.2 Å². The van der Waals surface area contributed by atoms with Crippen LogP contribution in [0.25, 0.3) is 11.3 Å². The molecule has 0 saturated carbocycles. The summed E-state index contributed by atoms with van der Waals surface area (Å²) < 4.78 is 0. The number of halogens is 2. The van der Waals surface area contributed by atoms with E-state index in [2.05, 4.69) is 20.6 Å². The highest BCUT2D eigenvalue weighted by molar-refractivity contribution is 6.33. The zero-order valence-electron chi connectivity index (χ0n) is 15.4. The largest absolute Gasteiger partial charge is 0.382 e. The van der Waals surface area contributed by atoms with E-state index in [1.807, 2.05) is 0 Å². The van der Waals surface area contributed by atoms with Gasteiger partial charge in [0.2, 0.25) is 0 Å². The van der Waals surface area contributed by atoms with Gasteiger partial charge in [0.15, 0.2) is 11.5 Å². The van der Waals surface area contributed by atoms with E-state index in [9.17, 15) is 9.59 Å². The maximum absolute atomic E-state index is 12.6. The Morgan fingerprint density at radius 2 is 1.90 bits per heavy atom. The zero-order chi connectivity index (χ0) is 21.0. The number of nitrogen functional groups attached to an aromatic ring is 1. The molecule has 2 aromatic carbocycles. The first-order chi connectivity index (χ1) is 13.9. The summed E-state index contributed by atoms with van der Waals surface area (Å²) in [5.41, 5.74) is 7.92. The molecule has 1 heterocycles. The minimum Gasteiger partial charge on any atom is -0.382 e. The minimum atomic E-state index is -0.441. The number of carbonyl (C=O) groups excluding carboxylic acids is 2. The molecule has 0 radical (unpaired) electrons. The van der Waals surface area contributed by atoms with Crippen LogP contribution in [0.15, 0.2) is 48.7 Å². The van der Waals surface area contributed by atoms with Crippen LogP contribution in [0, 0.1) is 0 Å². The molecule has 9 heteroatoms. The number of aromatic nitrogens is 2. The summed E-state index contributed by atoms with van der Waals surface area (Å²) in [4.78, 5) is 32.7. The van der Waals surface area contributed by atoms with Gasteiger partial charge in [0.1, 0.15) is 0 Å². The lowest BCUT2D eigenvalue weighted by Gasteiger charge is -2.09.